The number of rotatable bonds is 8. The molecular formula is C36H43N9O4. The molecule has 7 N–H and O–H groups in total. The fourth-order valence-corrected chi connectivity index (χ4v) is 7.37. The molecule has 6 unspecified atom stereocenters. The second kappa shape index (κ2) is 13.6. The van der Waals surface area contributed by atoms with Crippen LogP contribution in [0.1, 0.15) is 63.3 Å². The van der Waals surface area contributed by atoms with Crippen molar-refractivity contribution in [3.8, 4) is 33.6 Å². The highest BCUT2D eigenvalue weighted by Gasteiger charge is 2.44. The molecule has 2 saturated heterocycles. The molecule has 2 amide bonds. The van der Waals surface area contributed by atoms with E-state index in [-0.39, 0.29) is 41.7 Å². The summed E-state index contributed by atoms with van der Waals surface area (Å²) in [6.45, 7) is 4.41. The number of nitrogens with zero attached hydrogens (tertiary/aromatic N) is 3. The summed E-state index contributed by atoms with van der Waals surface area (Å²) in [6, 6.07) is 15.5. The molecule has 256 valence electrons. The van der Waals surface area contributed by atoms with Gasteiger partial charge in [0.25, 0.3) is 0 Å². The van der Waals surface area contributed by atoms with Crippen molar-refractivity contribution < 1.29 is 19.1 Å². The molecule has 13 nitrogen and oxygen atoms in total. The summed E-state index contributed by atoms with van der Waals surface area (Å²) < 4.78 is 4.75. The number of ether oxygens (including phenoxy) is 1. The smallest absolute Gasteiger partial charge is 0.407 e. The molecule has 2 aliphatic heterocycles. The van der Waals surface area contributed by atoms with E-state index in [0.29, 0.717) is 19.4 Å². The zero-order valence-corrected chi connectivity index (χ0v) is 27.9. The number of likely N-dealkylation sites (tertiary alicyclic amines) is 1. The Hall–Kier alpha value is -4.85. The standard InChI is InChI=1S/C36H43N9O4/c1-19(2)31(42-36(48)49-3)35(47)45-14-4-5-29(45)33-38-17-27(40-33)22-10-6-20(7-11-22)21-8-12-23(13-9-21)28-18-39-34(41-28)32-24-15-30(46)25(37)16-26(24)43-44-32/h6-13,17-19,24-26,29,31-32,43-44H,4-5,14-16,37H2,1-3H3,(H,38,40)(H,39,41)(H,42,48). The number of H-pyrrole nitrogens is 2. The molecular weight excluding hydrogens is 622 g/mol. The molecule has 4 aromatic rings. The summed E-state index contributed by atoms with van der Waals surface area (Å²) >= 11 is 0. The molecule has 6 atom stereocenters. The van der Waals surface area contributed by atoms with Crippen molar-refractivity contribution in [2.45, 2.75) is 69.7 Å². The molecule has 4 heterocycles. The Morgan fingerprint density at radius 1 is 0.918 bits per heavy atom. The number of hydrazine groups is 1. The van der Waals surface area contributed by atoms with Gasteiger partial charge >= 0.3 is 6.09 Å². The predicted molar refractivity (Wildman–Crippen MR) is 183 cm³/mol. The van der Waals surface area contributed by atoms with Crippen molar-refractivity contribution in [3.63, 3.8) is 0 Å². The number of benzene rings is 2. The number of imidazole rings is 2. The Bertz CT molecular complexity index is 1820. The molecule has 3 aliphatic rings. The van der Waals surface area contributed by atoms with Gasteiger partial charge in [0.05, 0.1) is 49.0 Å². The topological polar surface area (TPSA) is 183 Å². The van der Waals surface area contributed by atoms with E-state index < -0.39 is 18.2 Å². The minimum Gasteiger partial charge on any atom is -0.453 e. The first-order valence-electron chi connectivity index (χ1n) is 17.0. The molecule has 7 rings (SSSR count). The largest absolute Gasteiger partial charge is 0.453 e. The summed E-state index contributed by atoms with van der Waals surface area (Å²) in [5.74, 6) is 1.54. The third-order valence-corrected chi connectivity index (χ3v) is 10.2. The van der Waals surface area contributed by atoms with Crippen molar-refractivity contribution >= 4 is 17.8 Å². The Morgan fingerprint density at radius 2 is 1.51 bits per heavy atom. The quantitative estimate of drug-likeness (QED) is 0.162. The van der Waals surface area contributed by atoms with Crippen molar-refractivity contribution in [2.75, 3.05) is 13.7 Å². The van der Waals surface area contributed by atoms with Crippen molar-refractivity contribution in [1.82, 2.24) is 41.0 Å². The van der Waals surface area contributed by atoms with E-state index in [9.17, 15) is 14.4 Å². The monoisotopic (exact) mass is 665 g/mol. The highest BCUT2D eigenvalue weighted by Crippen LogP contribution is 2.37. The zero-order valence-electron chi connectivity index (χ0n) is 27.9. The van der Waals surface area contributed by atoms with Crippen LogP contribution in [-0.2, 0) is 14.3 Å². The summed E-state index contributed by atoms with van der Waals surface area (Å²) in [5, 5.41) is 2.69. The lowest BCUT2D eigenvalue weighted by Gasteiger charge is -2.30. The third kappa shape index (κ3) is 6.48. The van der Waals surface area contributed by atoms with Crippen LogP contribution < -0.4 is 21.9 Å². The van der Waals surface area contributed by atoms with Gasteiger partial charge in [-0.15, -0.1) is 0 Å². The highest BCUT2D eigenvalue weighted by atomic mass is 16.5. The second-order valence-electron chi connectivity index (χ2n) is 13.6. The Labute approximate surface area is 284 Å². The zero-order chi connectivity index (χ0) is 34.2. The number of Topliss-reactive ketones (excluding diaryl/α,β-unsaturated/α-hetero) is 1. The second-order valence-corrected chi connectivity index (χ2v) is 13.6. The summed E-state index contributed by atoms with van der Waals surface area (Å²) in [5.41, 5.74) is 18.6. The van der Waals surface area contributed by atoms with Crippen molar-refractivity contribution in [1.29, 1.82) is 0 Å². The Kier molecular flexibility index (Phi) is 9.05. The maximum atomic E-state index is 13.5. The van der Waals surface area contributed by atoms with Gasteiger partial charge in [-0.05, 0) is 47.4 Å². The molecule has 49 heavy (non-hydrogen) atoms. The third-order valence-electron chi connectivity index (χ3n) is 10.2. The number of nitrogens with one attached hydrogen (secondary N) is 5. The summed E-state index contributed by atoms with van der Waals surface area (Å²) in [6.07, 6.45) is 5.76. The molecule has 2 aromatic carbocycles. The van der Waals surface area contributed by atoms with Crippen LogP contribution in [0, 0.1) is 11.8 Å². The van der Waals surface area contributed by atoms with Gasteiger partial charge < -0.3 is 30.7 Å². The van der Waals surface area contributed by atoms with Crippen LogP contribution in [0.15, 0.2) is 60.9 Å². The minimum atomic E-state index is -0.675. The van der Waals surface area contributed by atoms with Gasteiger partial charge in [-0.1, -0.05) is 62.4 Å². The van der Waals surface area contributed by atoms with E-state index in [2.05, 4.69) is 84.6 Å². The van der Waals surface area contributed by atoms with Crippen LogP contribution in [0.5, 0.6) is 0 Å². The van der Waals surface area contributed by atoms with E-state index in [1.807, 2.05) is 31.1 Å². The van der Waals surface area contributed by atoms with Gasteiger partial charge in [0.15, 0.2) is 0 Å². The van der Waals surface area contributed by atoms with E-state index in [1.165, 1.54) is 7.11 Å². The van der Waals surface area contributed by atoms with Crippen LogP contribution in [0.3, 0.4) is 0 Å². The van der Waals surface area contributed by atoms with E-state index >= 15 is 0 Å². The Balaban J connectivity index is 1.01. The van der Waals surface area contributed by atoms with Crippen LogP contribution in [0.25, 0.3) is 33.6 Å². The van der Waals surface area contributed by atoms with E-state index in [0.717, 1.165) is 58.1 Å². The van der Waals surface area contributed by atoms with Gasteiger partial charge in [0.1, 0.15) is 23.5 Å². The average Bonchev–Trinajstić information content (AvgIpc) is 3.94. The number of fused-ring (bicyclic) bond motifs is 1. The van der Waals surface area contributed by atoms with Crippen LogP contribution in [0.4, 0.5) is 4.79 Å². The normalized spacial score (nSPS) is 24.2. The van der Waals surface area contributed by atoms with E-state index in [1.54, 1.807) is 0 Å². The average molecular weight is 666 g/mol. The molecule has 0 radical (unpaired) electrons. The maximum Gasteiger partial charge on any atom is 0.407 e. The Morgan fingerprint density at radius 3 is 2.12 bits per heavy atom. The number of carbonyl (C=O) groups excluding carboxylic acids is 3. The number of nitrogens with two attached hydrogens (primary N) is 1. The molecule has 1 saturated carbocycles. The number of aromatic nitrogens is 4. The van der Waals surface area contributed by atoms with Gasteiger partial charge in [0.2, 0.25) is 5.91 Å². The van der Waals surface area contributed by atoms with Crippen molar-refractivity contribution in [2.24, 2.45) is 17.6 Å². The fourth-order valence-electron chi connectivity index (χ4n) is 7.37. The molecule has 0 spiro atoms. The predicted octanol–water partition coefficient (Wildman–Crippen LogP) is 4.00. The van der Waals surface area contributed by atoms with Gasteiger partial charge in [-0.3, -0.25) is 15.0 Å². The number of aromatic amines is 2. The highest BCUT2D eigenvalue weighted by molar-refractivity contribution is 5.86. The molecule has 0 bridgehead atoms. The number of alkyl carbamates (subject to hydrolysis) is 1. The lowest BCUT2D eigenvalue weighted by Crippen LogP contribution is -2.51. The minimum absolute atomic E-state index is 0.0777. The number of hydrogen-bond acceptors (Lipinski definition) is 9. The lowest BCUT2D eigenvalue weighted by molar-refractivity contribution is -0.135. The van der Waals surface area contributed by atoms with Crippen molar-refractivity contribution in [3.05, 3.63) is 72.6 Å². The first-order chi connectivity index (χ1) is 23.7. The van der Waals surface area contributed by atoms with Crippen LogP contribution in [0.2, 0.25) is 0 Å². The maximum absolute atomic E-state index is 13.5. The number of methoxy groups -OCH3 is 1. The summed E-state index contributed by atoms with van der Waals surface area (Å²) in [4.78, 5) is 55.7. The first kappa shape index (κ1) is 32.7. The van der Waals surface area contributed by atoms with E-state index in [4.69, 9.17) is 10.5 Å². The number of carbonyl (C=O) groups is 3. The fraction of sp³-hybridized carbons (Fsp3) is 0.417. The molecule has 13 heteroatoms. The first-order valence-corrected chi connectivity index (χ1v) is 17.0. The van der Waals surface area contributed by atoms with Crippen LogP contribution >= 0.6 is 0 Å². The van der Waals surface area contributed by atoms with Crippen LogP contribution in [-0.4, -0.2) is 74.4 Å². The van der Waals surface area contributed by atoms with Gasteiger partial charge in [-0.25, -0.2) is 20.2 Å². The molecule has 1 aliphatic carbocycles. The van der Waals surface area contributed by atoms with Gasteiger partial charge in [0, 0.05) is 24.9 Å². The number of hydrogen-bond donors (Lipinski definition) is 6. The SMILES string of the molecule is COC(=O)NC(C(=O)N1CCCC1c1ncc(-c2ccc(-c3ccc(-c4cnc(C5NNC6CC(N)C(=O)CC65)[nH]4)cc3)cc2)[nH]1)C(C)C. The summed E-state index contributed by atoms with van der Waals surface area (Å²) in [7, 11) is 1.29. The number of ketones is 1. The molecule has 2 aromatic heterocycles. The number of amides is 2. The van der Waals surface area contributed by atoms with Gasteiger partial charge in [-0.2, -0.15) is 0 Å². The lowest BCUT2D eigenvalue weighted by atomic mass is 9.79. The molecule has 3 fully saturated rings.